The van der Waals surface area contributed by atoms with Crippen molar-refractivity contribution in [3.8, 4) is 6.07 Å². The minimum atomic E-state index is -0.731. The minimum absolute atomic E-state index is 0.0289. The maximum Gasteiger partial charge on any atom is 0.242 e. The molecule has 0 aliphatic heterocycles. The Bertz CT molecular complexity index is 400. The summed E-state index contributed by atoms with van der Waals surface area (Å²) in [4.78, 5) is 16.6. The van der Waals surface area contributed by atoms with Crippen LogP contribution in [0.1, 0.15) is 39.0 Å². The van der Waals surface area contributed by atoms with Crippen LogP contribution < -0.4 is 0 Å². The molecule has 2 aliphatic rings. The first-order valence-electron chi connectivity index (χ1n) is 7.19. The Kier molecular flexibility index (Phi) is 3.61. The van der Waals surface area contributed by atoms with Crippen molar-refractivity contribution < 1.29 is 4.79 Å². The third kappa shape index (κ3) is 2.25. The predicted molar refractivity (Wildman–Crippen MR) is 74.4 cm³/mol. The average Bonchev–Trinajstić information content (AvgIpc) is 2.27. The van der Waals surface area contributed by atoms with Crippen LogP contribution in [-0.4, -0.2) is 48.9 Å². The highest BCUT2D eigenvalue weighted by Crippen LogP contribution is 2.46. The summed E-state index contributed by atoms with van der Waals surface area (Å²) in [5, 5.41) is 9.34. The van der Waals surface area contributed by atoms with Gasteiger partial charge in [-0.2, -0.15) is 5.26 Å². The number of nitrogens with zero attached hydrogens (tertiary/aromatic N) is 3. The highest BCUT2D eigenvalue weighted by molar-refractivity contribution is 5.86. The van der Waals surface area contributed by atoms with Crippen molar-refractivity contribution in [2.24, 2.45) is 11.3 Å². The number of carbonyl (C=O) groups is 1. The first-order chi connectivity index (χ1) is 8.85. The molecule has 2 saturated carbocycles. The number of hydrogen-bond donors (Lipinski definition) is 0. The van der Waals surface area contributed by atoms with Crippen molar-refractivity contribution in [1.82, 2.24) is 9.80 Å². The highest BCUT2D eigenvalue weighted by Gasteiger charge is 2.51. The van der Waals surface area contributed by atoms with Crippen LogP contribution in [0.25, 0.3) is 0 Å². The van der Waals surface area contributed by atoms with Crippen LogP contribution in [-0.2, 0) is 4.79 Å². The molecule has 0 atom stereocenters. The summed E-state index contributed by atoms with van der Waals surface area (Å²) in [7, 11) is 6.03. The molecule has 2 fully saturated rings. The summed E-state index contributed by atoms with van der Waals surface area (Å²) in [5.41, 5.74) is -0.595. The van der Waals surface area contributed by atoms with Gasteiger partial charge in [-0.05, 0) is 52.1 Å². The molecular weight excluding hydrogens is 238 g/mol. The predicted octanol–water partition coefficient (Wildman–Crippen LogP) is 1.87. The summed E-state index contributed by atoms with van der Waals surface area (Å²) >= 11 is 0. The summed E-state index contributed by atoms with van der Waals surface area (Å²) in [6.07, 6.45) is 4.98. The molecule has 106 valence electrons. The number of likely N-dealkylation sites (N-methyl/N-ethyl adjacent to an activating group) is 2. The van der Waals surface area contributed by atoms with Crippen LogP contribution in [0, 0.1) is 22.7 Å². The van der Waals surface area contributed by atoms with Gasteiger partial charge in [0.15, 0.2) is 0 Å². The van der Waals surface area contributed by atoms with Gasteiger partial charge in [-0.25, -0.2) is 0 Å². The van der Waals surface area contributed by atoms with Gasteiger partial charge in [0.2, 0.25) is 5.91 Å². The van der Waals surface area contributed by atoms with E-state index in [0.717, 1.165) is 32.2 Å². The van der Waals surface area contributed by atoms with Crippen molar-refractivity contribution in [2.75, 3.05) is 27.7 Å². The molecule has 0 saturated heterocycles. The normalized spacial score (nSPS) is 32.1. The number of rotatable bonds is 4. The van der Waals surface area contributed by atoms with E-state index in [1.165, 1.54) is 6.42 Å². The average molecular weight is 263 g/mol. The van der Waals surface area contributed by atoms with E-state index in [2.05, 4.69) is 32.0 Å². The lowest BCUT2D eigenvalue weighted by atomic mass is 9.62. The largest absolute Gasteiger partial charge is 0.343 e. The van der Waals surface area contributed by atoms with Gasteiger partial charge in [0.1, 0.15) is 5.41 Å². The van der Waals surface area contributed by atoms with E-state index in [9.17, 15) is 10.1 Å². The fraction of sp³-hybridized carbons (Fsp3) is 0.867. The van der Waals surface area contributed by atoms with E-state index in [0.29, 0.717) is 5.92 Å². The lowest BCUT2D eigenvalue weighted by Crippen LogP contribution is -2.59. The Morgan fingerprint density at radius 2 is 1.89 bits per heavy atom. The Morgan fingerprint density at radius 1 is 1.32 bits per heavy atom. The van der Waals surface area contributed by atoms with Gasteiger partial charge in [-0.1, -0.05) is 6.92 Å². The summed E-state index contributed by atoms with van der Waals surface area (Å²) in [6, 6.07) is 2.27. The zero-order chi connectivity index (χ0) is 14.3. The standard InChI is InChI=1S/C15H25N3O/c1-12-8-14(9-12,10-16)13(19)18(4)11-15(17(2)3)6-5-7-15/h12H,5-9,11H2,1-4H3. The second-order valence-corrected chi connectivity index (χ2v) is 6.84. The van der Waals surface area contributed by atoms with Crippen LogP contribution in [0.5, 0.6) is 0 Å². The van der Waals surface area contributed by atoms with Gasteiger partial charge in [-0.15, -0.1) is 0 Å². The molecule has 0 spiro atoms. The monoisotopic (exact) mass is 263 g/mol. The Balaban J connectivity index is 2.02. The molecule has 0 radical (unpaired) electrons. The second kappa shape index (κ2) is 4.79. The van der Waals surface area contributed by atoms with Crippen molar-refractivity contribution >= 4 is 5.91 Å². The van der Waals surface area contributed by atoms with E-state index >= 15 is 0 Å². The van der Waals surface area contributed by atoms with Crippen LogP contribution in [0.3, 0.4) is 0 Å². The van der Waals surface area contributed by atoms with Gasteiger partial charge >= 0.3 is 0 Å². The van der Waals surface area contributed by atoms with Gasteiger partial charge in [0.25, 0.3) is 0 Å². The van der Waals surface area contributed by atoms with Crippen LogP contribution in [0.4, 0.5) is 0 Å². The zero-order valence-electron chi connectivity index (χ0n) is 12.6. The molecular formula is C15H25N3O. The maximum absolute atomic E-state index is 12.5. The van der Waals surface area contributed by atoms with E-state index in [4.69, 9.17) is 0 Å². The molecule has 1 amide bonds. The Labute approximate surface area is 116 Å². The SMILES string of the molecule is CC1CC(C#N)(C(=O)N(C)CC2(N(C)C)CCC2)C1. The fourth-order valence-electron chi connectivity index (χ4n) is 3.65. The van der Waals surface area contributed by atoms with Crippen molar-refractivity contribution in [3.63, 3.8) is 0 Å². The maximum atomic E-state index is 12.5. The van der Waals surface area contributed by atoms with E-state index in [-0.39, 0.29) is 11.4 Å². The number of hydrogen-bond acceptors (Lipinski definition) is 3. The van der Waals surface area contributed by atoms with E-state index in [1.807, 2.05) is 7.05 Å². The molecule has 2 aliphatic carbocycles. The van der Waals surface area contributed by atoms with Crippen LogP contribution in [0.15, 0.2) is 0 Å². The molecule has 0 N–H and O–H groups in total. The third-order valence-corrected chi connectivity index (χ3v) is 5.13. The smallest absolute Gasteiger partial charge is 0.242 e. The fourth-order valence-corrected chi connectivity index (χ4v) is 3.65. The molecule has 0 aromatic rings. The Hall–Kier alpha value is -1.08. The lowest BCUT2D eigenvalue weighted by Gasteiger charge is -2.50. The van der Waals surface area contributed by atoms with Crippen LogP contribution in [0.2, 0.25) is 0 Å². The van der Waals surface area contributed by atoms with Gasteiger partial charge < -0.3 is 9.80 Å². The molecule has 4 heteroatoms. The van der Waals surface area contributed by atoms with Gasteiger partial charge in [0.05, 0.1) is 6.07 Å². The molecule has 2 rings (SSSR count). The van der Waals surface area contributed by atoms with Crippen molar-refractivity contribution in [1.29, 1.82) is 5.26 Å². The van der Waals surface area contributed by atoms with Crippen molar-refractivity contribution in [3.05, 3.63) is 0 Å². The lowest BCUT2D eigenvalue weighted by molar-refractivity contribution is -0.146. The molecule has 0 aromatic heterocycles. The first kappa shape index (κ1) is 14.3. The number of carbonyl (C=O) groups excluding carboxylic acids is 1. The van der Waals surface area contributed by atoms with Crippen molar-refractivity contribution in [2.45, 2.75) is 44.6 Å². The zero-order valence-corrected chi connectivity index (χ0v) is 12.6. The van der Waals surface area contributed by atoms with Gasteiger partial charge in [0, 0.05) is 19.1 Å². The summed E-state index contributed by atoms with van der Waals surface area (Å²) in [5.74, 6) is 0.532. The molecule has 0 unspecified atom stereocenters. The van der Waals surface area contributed by atoms with E-state index < -0.39 is 5.41 Å². The first-order valence-corrected chi connectivity index (χ1v) is 7.19. The van der Waals surface area contributed by atoms with Gasteiger partial charge in [-0.3, -0.25) is 4.79 Å². The topological polar surface area (TPSA) is 47.3 Å². The van der Waals surface area contributed by atoms with Crippen LogP contribution >= 0.6 is 0 Å². The Morgan fingerprint density at radius 3 is 2.21 bits per heavy atom. The molecule has 0 bridgehead atoms. The molecule has 19 heavy (non-hydrogen) atoms. The molecule has 0 heterocycles. The molecule has 4 nitrogen and oxygen atoms in total. The minimum Gasteiger partial charge on any atom is -0.343 e. The number of nitriles is 1. The summed E-state index contributed by atoms with van der Waals surface area (Å²) in [6.45, 7) is 2.85. The number of amides is 1. The quantitative estimate of drug-likeness (QED) is 0.778. The summed E-state index contributed by atoms with van der Waals surface area (Å²) < 4.78 is 0. The highest BCUT2D eigenvalue weighted by atomic mass is 16.2. The second-order valence-electron chi connectivity index (χ2n) is 6.84. The molecule has 0 aromatic carbocycles. The van der Waals surface area contributed by atoms with E-state index in [1.54, 1.807) is 4.90 Å². The third-order valence-electron chi connectivity index (χ3n) is 5.13.